The first kappa shape index (κ1) is 28.2. The van der Waals surface area contributed by atoms with Gasteiger partial charge in [0, 0.05) is 22.7 Å². The first-order valence-corrected chi connectivity index (χ1v) is 14.9. The van der Waals surface area contributed by atoms with Gasteiger partial charge < -0.3 is 25.0 Å². The van der Waals surface area contributed by atoms with E-state index < -0.39 is 76.6 Å². The van der Waals surface area contributed by atoms with Gasteiger partial charge in [-0.2, -0.15) is 11.3 Å². The molecule has 2 aromatic heterocycles. The van der Waals surface area contributed by atoms with E-state index in [1.807, 2.05) is 29.8 Å². The molecule has 45 heavy (non-hydrogen) atoms. The Morgan fingerprint density at radius 3 is 2.29 bits per heavy atom. The molecule has 1 spiro atoms. The molecule has 0 saturated carbocycles. The van der Waals surface area contributed by atoms with Crippen LogP contribution in [0.2, 0.25) is 0 Å². The van der Waals surface area contributed by atoms with E-state index in [1.54, 1.807) is 24.3 Å². The van der Waals surface area contributed by atoms with Crippen molar-refractivity contribution in [2.75, 3.05) is 7.11 Å². The van der Waals surface area contributed by atoms with Gasteiger partial charge in [0.15, 0.2) is 11.2 Å². The second-order valence-corrected chi connectivity index (χ2v) is 11.8. The number of phenols is 1. The van der Waals surface area contributed by atoms with Crippen molar-refractivity contribution >= 4 is 39.7 Å². The van der Waals surface area contributed by atoms with Gasteiger partial charge in [0.2, 0.25) is 16.3 Å². The molecule has 0 radical (unpaired) electrons. The number of aliphatic hydroxyl groups excluding tert-OH is 2. The first-order chi connectivity index (χ1) is 21.6. The molecule has 0 amide bonds. The third-order valence-electron chi connectivity index (χ3n) is 8.84. The summed E-state index contributed by atoms with van der Waals surface area (Å²) in [6.07, 6.45) is 7.15. The van der Waals surface area contributed by atoms with Crippen molar-refractivity contribution in [2.24, 2.45) is 0 Å². The summed E-state index contributed by atoms with van der Waals surface area (Å²) in [5.74, 6) is -2.47. The number of H-pyrrole nitrogens is 1. The summed E-state index contributed by atoms with van der Waals surface area (Å²) in [6, 6.07) is 4.36. The smallest absolute Gasteiger partial charge is 0.260 e. The fraction of sp³-hybridized carbons (Fsp3) is 0.147. The van der Waals surface area contributed by atoms with E-state index in [1.165, 1.54) is 11.3 Å². The molecule has 4 aliphatic carbocycles. The molecule has 0 bridgehead atoms. The molecule has 0 saturated heterocycles. The van der Waals surface area contributed by atoms with Crippen molar-refractivity contribution < 1.29 is 20.1 Å². The van der Waals surface area contributed by atoms with E-state index >= 15 is 0 Å². The highest BCUT2D eigenvalue weighted by Gasteiger charge is 2.54. The monoisotopic (exact) mass is 621 g/mol. The molecule has 1 atom stereocenters. The number of aliphatic hydroxyl groups is 2. The maximum Gasteiger partial charge on any atom is 0.260 e. The van der Waals surface area contributed by atoms with Crippen LogP contribution in [0, 0.1) is 10.4 Å². The van der Waals surface area contributed by atoms with Gasteiger partial charge in [-0.3, -0.25) is 24.0 Å². The number of ether oxygens (including phenoxy) is 1. The molecule has 3 aromatic rings. The van der Waals surface area contributed by atoms with Crippen LogP contribution in [0.15, 0.2) is 71.2 Å². The lowest BCUT2D eigenvalue weighted by Gasteiger charge is -2.28. The van der Waals surface area contributed by atoms with Crippen molar-refractivity contribution in [2.45, 2.75) is 25.2 Å². The SMILES string of the molecule is C/C=C/C=C/c1cc2c(-c3ccsc3)c3c(c(O)c2c(=O)[nH]1)C1(CC3)C(O)=c2c(=O)c3c(=O)cc(OC)c(=O)c=3c(=O)c2=C1O. The van der Waals surface area contributed by atoms with E-state index in [4.69, 9.17) is 4.74 Å². The van der Waals surface area contributed by atoms with Gasteiger partial charge >= 0.3 is 0 Å². The Hall–Kier alpha value is -5.55. The van der Waals surface area contributed by atoms with E-state index in [-0.39, 0.29) is 23.8 Å². The van der Waals surface area contributed by atoms with Gasteiger partial charge in [-0.25, -0.2) is 0 Å². The highest BCUT2D eigenvalue weighted by molar-refractivity contribution is 7.08. The maximum absolute atomic E-state index is 13.8. The Morgan fingerprint density at radius 1 is 0.933 bits per heavy atom. The normalized spacial score (nSPS) is 17.5. The molecule has 2 heterocycles. The zero-order chi connectivity index (χ0) is 31.9. The fourth-order valence-electron chi connectivity index (χ4n) is 6.96. The minimum atomic E-state index is -2.00. The lowest BCUT2D eigenvalue weighted by molar-refractivity contribution is 0.362. The second kappa shape index (κ2) is 9.73. The fourth-order valence-corrected chi connectivity index (χ4v) is 7.61. The topological polar surface area (TPSA) is 171 Å². The third-order valence-corrected chi connectivity index (χ3v) is 9.52. The number of rotatable bonds is 4. The van der Waals surface area contributed by atoms with Crippen LogP contribution in [0.5, 0.6) is 11.5 Å². The van der Waals surface area contributed by atoms with E-state index in [0.29, 0.717) is 22.2 Å². The molecule has 0 fully saturated rings. The van der Waals surface area contributed by atoms with Gasteiger partial charge in [0.05, 0.1) is 33.4 Å². The lowest BCUT2D eigenvalue weighted by atomic mass is 9.77. The minimum Gasteiger partial charge on any atom is -0.510 e. The molecule has 7 rings (SSSR count). The van der Waals surface area contributed by atoms with Crippen LogP contribution < -0.4 is 42.4 Å². The van der Waals surface area contributed by atoms with E-state index in [0.717, 1.165) is 18.7 Å². The van der Waals surface area contributed by atoms with Crippen molar-refractivity contribution in [3.05, 3.63) is 136 Å². The standard InChI is InChI=1S/C34H23NO9S/c1-3-4-5-6-15-11-17-20(14-8-10-45-13-14)16-7-9-34(26(16)30(40)21(17)33(43)35-15)31(41)24-25(32(34)42)29(39)23-22(28(24)38)18(36)12-19(44-2)27(23)37/h3-6,8,10-13,40-42H,7,9H2,1-2H3,(H,35,43)/b4-3+,6-5+. The van der Waals surface area contributed by atoms with Gasteiger partial charge in [-0.15, -0.1) is 0 Å². The van der Waals surface area contributed by atoms with Gasteiger partial charge in [0.1, 0.15) is 22.7 Å². The summed E-state index contributed by atoms with van der Waals surface area (Å²) in [7, 11) is 1.13. The summed E-state index contributed by atoms with van der Waals surface area (Å²) in [6.45, 7) is 1.85. The number of fused-ring (bicyclic) bond motifs is 4. The van der Waals surface area contributed by atoms with Crippen LogP contribution >= 0.6 is 11.3 Å². The number of benzene rings is 1. The molecule has 1 unspecified atom stereocenters. The summed E-state index contributed by atoms with van der Waals surface area (Å²) in [5, 5.41) is 36.8. The van der Waals surface area contributed by atoms with Crippen molar-refractivity contribution in [1.29, 1.82) is 0 Å². The quantitative estimate of drug-likeness (QED) is 0.219. The molecular weight excluding hydrogens is 598 g/mol. The number of thiophene rings is 1. The number of pyridine rings is 1. The van der Waals surface area contributed by atoms with E-state index in [9.17, 15) is 39.3 Å². The van der Waals surface area contributed by atoms with Crippen LogP contribution in [0.1, 0.15) is 30.2 Å². The van der Waals surface area contributed by atoms with Crippen molar-refractivity contribution in [3.63, 3.8) is 0 Å². The molecule has 11 heteroatoms. The number of methoxy groups -OCH3 is 1. The minimum absolute atomic E-state index is 0.0322. The maximum atomic E-state index is 13.8. The molecule has 1 aromatic carbocycles. The molecule has 0 aliphatic heterocycles. The summed E-state index contributed by atoms with van der Waals surface area (Å²) >= 11 is 1.41. The Labute approximate surface area is 255 Å². The zero-order valence-corrected chi connectivity index (χ0v) is 24.6. The number of aromatic hydroxyl groups is 1. The highest BCUT2D eigenvalue weighted by Crippen LogP contribution is 2.57. The van der Waals surface area contributed by atoms with Crippen LogP contribution in [-0.2, 0) is 11.8 Å². The number of aromatic amines is 1. The number of phenolic OH excluding ortho intramolecular Hbond substituents is 1. The zero-order valence-electron chi connectivity index (χ0n) is 23.8. The number of hydrogen-bond acceptors (Lipinski definition) is 10. The Morgan fingerprint density at radius 2 is 1.64 bits per heavy atom. The predicted molar refractivity (Wildman–Crippen MR) is 170 cm³/mol. The summed E-state index contributed by atoms with van der Waals surface area (Å²) in [5.41, 5.74) is -4.57. The van der Waals surface area contributed by atoms with Gasteiger partial charge in [-0.1, -0.05) is 18.2 Å². The number of aromatic nitrogens is 1. The van der Waals surface area contributed by atoms with Crippen LogP contribution in [0.25, 0.3) is 39.5 Å². The number of nitrogens with one attached hydrogen (secondary N) is 1. The number of hydrogen-bond donors (Lipinski definition) is 4. The Kier molecular flexibility index (Phi) is 6.10. The van der Waals surface area contributed by atoms with Gasteiger partial charge in [-0.05, 0) is 65.4 Å². The second-order valence-electron chi connectivity index (χ2n) is 11.0. The first-order valence-electron chi connectivity index (χ1n) is 13.9. The lowest BCUT2D eigenvalue weighted by Crippen LogP contribution is -2.51. The summed E-state index contributed by atoms with van der Waals surface area (Å²) < 4.78 is 4.94. The van der Waals surface area contributed by atoms with E-state index in [2.05, 4.69) is 4.98 Å². The largest absolute Gasteiger partial charge is 0.510 e. The van der Waals surface area contributed by atoms with Crippen LogP contribution in [0.3, 0.4) is 0 Å². The van der Waals surface area contributed by atoms with Gasteiger partial charge in [0.25, 0.3) is 5.56 Å². The molecule has 4 N–H and O–H groups in total. The molecular formula is C34H23NO9S. The Balaban J connectivity index is 1.67. The van der Waals surface area contributed by atoms with Crippen molar-refractivity contribution in [3.8, 4) is 22.6 Å². The predicted octanol–water partition coefficient (Wildman–Crippen LogP) is 1.83. The van der Waals surface area contributed by atoms with Crippen LogP contribution in [-0.4, -0.2) is 27.4 Å². The summed E-state index contributed by atoms with van der Waals surface area (Å²) in [4.78, 5) is 69.8. The molecule has 224 valence electrons. The average Bonchev–Trinajstić information content (AvgIpc) is 3.73. The highest BCUT2D eigenvalue weighted by atomic mass is 32.1. The third kappa shape index (κ3) is 3.52. The molecule has 4 aliphatic rings. The molecule has 10 nitrogen and oxygen atoms in total. The van der Waals surface area contributed by atoms with Crippen molar-refractivity contribution in [1.82, 2.24) is 4.98 Å². The number of allylic oxidation sites excluding steroid dienone is 3. The van der Waals surface area contributed by atoms with Crippen LogP contribution in [0.4, 0.5) is 0 Å². The Bertz CT molecular complexity index is 2680. The average molecular weight is 622 g/mol.